The summed E-state index contributed by atoms with van der Waals surface area (Å²) in [5.41, 5.74) is -1.04. The summed E-state index contributed by atoms with van der Waals surface area (Å²) in [6, 6.07) is 4.85. The van der Waals surface area contributed by atoms with Crippen molar-refractivity contribution in [2.24, 2.45) is 28.2 Å². The first kappa shape index (κ1) is 17.2. The summed E-state index contributed by atoms with van der Waals surface area (Å²) in [4.78, 5) is 49.7. The van der Waals surface area contributed by atoms with E-state index in [-0.39, 0.29) is 22.2 Å². The third kappa shape index (κ3) is 1.97. The van der Waals surface area contributed by atoms with Crippen LogP contribution in [0.4, 0.5) is 0 Å². The molecule has 0 atom stereocenters. The lowest BCUT2D eigenvalue weighted by atomic mass is 10.2. The number of hydrogen-bond acceptors (Lipinski definition) is 6. The largest absolute Gasteiger partial charge is 0.503 e. The summed E-state index contributed by atoms with van der Waals surface area (Å²) in [5.74, 6) is 0. The minimum atomic E-state index is -0.502. The van der Waals surface area contributed by atoms with Crippen LogP contribution in [0.2, 0.25) is 0 Å². The number of aromatic nitrogens is 4. The van der Waals surface area contributed by atoms with E-state index in [1.807, 2.05) is 0 Å². The van der Waals surface area contributed by atoms with E-state index in [1.54, 1.807) is 18.2 Å². The lowest BCUT2D eigenvalue weighted by Crippen LogP contribution is -2.54. The van der Waals surface area contributed by atoms with E-state index in [4.69, 9.17) is 8.83 Å². The number of nitrogens with zero attached hydrogens (tertiary/aromatic N) is 4. The van der Waals surface area contributed by atoms with Gasteiger partial charge >= 0.3 is 22.7 Å². The van der Waals surface area contributed by atoms with Crippen LogP contribution in [0.15, 0.2) is 46.2 Å². The Hall–Kier alpha value is -3.95. The highest BCUT2D eigenvalue weighted by Crippen LogP contribution is 2.30. The van der Waals surface area contributed by atoms with Crippen LogP contribution in [0.25, 0.3) is 44.1 Å². The fraction of sp³-hybridized carbons (Fsp3) is 0.211. The molecule has 29 heavy (non-hydrogen) atoms. The molecule has 10 heteroatoms. The molecule has 4 heterocycles. The van der Waals surface area contributed by atoms with E-state index in [2.05, 4.69) is 0 Å². The molecule has 0 unspecified atom stereocenters. The van der Waals surface area contributed by atoms with Gasteiger partial charge in [-0.25, -0.2) is 9.59 Å². The van der Waals surface area contributed by atoms with Crippen molar-refractivity contribution in [2.75, 3.05) is 0 Å². The molecule has 0 N–H and O–H groups in total. The molecule has 0 amide bonds. The van der Waals surface area contributed by atoms with Crippen LogP contribution in [0, 0.1) is 0 Å². The molecule has 0 saturated heterocycles. The van der Waals surface area contributed by atoms with Gasteiger partial charge in [0.25, 0.3) is 5.56 Å². The van der Waals surface area contributed by atoms with Gasteiger partial charge < -0.3 is 8.83 Å². The van der Waals surface area contributed by atoms with Crippen molar-refractivity contribution in [3.8, 4) is 0 Å². The molecule has 1 aromatic carbocycles. The van der Waals surface area contributed by atoms with Gasteiger partial charge in [0.1, 0.15) is 16.6 Å². The summed E-state index contributed by atoms with van der Waals surface area (Å²) in [6.07, 6.45) is 0. The Kier molecular flexibility index (Phi) is 3.14. The molecule has 5 aromatic rings. The van der Waals surface area contributed by atoms with Crippen LogP contribution in [0.3, 0.4) is 0 Å². The minimum absolute atomic E-state index is 0.145. The van der Waals surface area contributed by atoms with Crippen LogP contribution in [-0.2, 0) is 28.2 Å². The molecule has 4 aromatic heterocycles. The second kappa shape index (κ2) is 5.31. The van der Waals surface area contributed by atoms with Gasteiger partial charge in [0.05, 0.1) is 14.1 Å². The fourth-order valence-electron chi connectivity index (χ4n) is 3.75. The van der Waals surface area contributed by atoms with Gasteiger partial charge in [-0.2, -0.15) is 13.9 Å². The Morgan fingerprint density at radius 3 is 2.07 bits per heavy atom. The molecule has 0 spiro atoms. The Balaban J connectivity index is 2.06. The maximum Gasteiger partial charge on any atom is 0.503 e. The fourth-order valence-corrected chi connectivity index (χ4v) is 3.75. The van der Waals surface area contributed by atoms with Crippen molar-refractivity contribution >= 4 is 44.1 Å². The molecule has 0 saturated carbocycles. The zero-order chi connectivity index (χ0) is 20.8. The summed E-state index contributed by atoms with van der Waals surface area (Å²) < 4.78 is 16.1. The Labute approximate surface area is 160 Å². The van der Waals surface area contributed by atoms with Gasteiger partial charge in [0.2, 0.25) is 5.71 Å². The van der Waals surface area contributed by atoms with Crippen molar-refractivity contribution in [3.05, 3.63) is 59.9 Å². The lowest BCUT2D eigenvalue weighted by Gasteiger charge is -2.01. The van der Waals surface area contributed by atoms with Crippen LogP contribution in [0.5, 0.6) is 0 Å². The standard InChI is InChI=1S/C19H15N4O6/c1-20-14(24)12-8-5-6-9-11(7-10(8)28-16(12)22(3)18(20)26)29-17-13(9)15(25)21(2)19(27)23(17)4/h5-7H,1-4H3/q+1. The first-order valence-electron chi connectivity index (χ1n) is 8.70. The van der Waals surface area contributed by atoms with Crippen LogP contribution in [0.1, 0.15) is 0 Å². The van der Waals surface area contributed by atoms with Gasteiger partial charge in [-0.3, -0.25) is 13.9 Å². The molecule has 0 bridgehead atoms. The first-order chi connectivity index (χ1) is 13.7. The van der Waals surface area contributed by atoms with E-state index in [1.165, 1.54) is 37.3 Å². The Morgan fingerprint density at radius 1 is 0.793 bits per heavy atom. The highest BCUT2D eigenvalue weighted by atomic mass is 16.4. The molecule has 5 rings (SSSR count). The number of rotatable bonds is 0. The molecule has 0 radical (unpaired) electrons. The molecule has 10 nitrogen and oxygen atoms in total. The van der Waals surface area contributed by atoms with Crippen molar-refractivity contribution in [1.29, 1.82) is 0 Å². The van der Waals surface area contributed by atoms with Crippen LogP contribution in [-0.4, -0.2) is 13.7 Å². The first-order valence-corrected chi connectivity index (χ1v) is 8.70. The maximum atomic E-state index is 12.7. The Bertz CT molecular complexity index is 1650. The van der Waals surface area contributed by atoms with Gasteiger partial charge in [-0.05, 0) is 12.1 Å². The molecule has 0 aliphatic carbocycles. The maximum absolute atomic E-state index is 12.7. The van der Waals surface area contributed by atoms with Crippen molar-refractivity contribution in [2.45, 2.75) is 0 Å². The second-order valence-electron chi connectivity index (χ2n) is 7.01. The highest BCUT2D eigenvalue weighted by Gasteiger charge is 2.24. The molecule has 0 aliphatic heterocycles. The van der Waals surface area contributed by atoms with Crippen LogP contribution < -0.4 is 27.1 Å². The molecule has 146 valence electrons. The van der Waals surface area contributed by atoms with E-state index in [0.29, 0.717) is 21.9 Å². The van der Waals surface area contributed by atoms with Crippen molar-refractivity contribution in [3.63, 3.8) is 0 Å². The minimum Gasteiger partial charge on any atom is -0.439 e. The average Bonchev–Trinajstić information content (AvgIpc) is 3.20. The Morgan fingerprint density at radius 2 is 1.38 bits per heavy atom. The summed E-state index contributed by atoms with van der Waals surface area (Å²) in [7, 11) is 5.83. The van der Waals surface area contributed by atoms with Gasteiger partial charge in [-0.1, -0.05) is 0 Å². The van der Waals surface area contributed by atoms with E-state index in [9.17, 15) is 19.2 Å². The number of aryl methyl sites for hydroxylation is 2. The SMILES string of the molecule is Cn1c(=O)c2c3ccc4c(cc3oc2n(C)c1=O)oc1c4c(=O)n(C)c(=O)[n+]1C. The van der Waals surface area contributed by atoms with Crippen LogP contribution >= 0.6 is 0 Å². The average molecular weight is 395 g/mol. The molecular weight excluding hydrogens is 380 g/mol. The summed E-state index contributed by atoms with van der Waals surface area (Å²) in [6.45, 7) is 0. The molecule has 0 fully saturated rings. The van der Waals surface area contributed by atoms with E-state index < -0.39 is 22.5 Å². The predicted molar refractivity (Wildman–Crippen MR) is 104 cm³/mol. The van der Waals surface area contributed by atoms with Gasteiger partial charge in [0.15, 0.2) is 5.39 Å². The summed E-state index contributed by atoms with van der Waals surface area (Å²) in [5, 5.41) is 1.48. The van der Waals surface area contributed by atoms with Crippen molar-refractivity contribution < 1.29 is 13.4 Å². The number of furan rings is 2. The second-order valence-corrected chi connectivity index (χ2v) is 7.01. The quantitative estimate of drug-likeness (QED) is 0.335. The van der Waals surface area contributed by atoms with E-state index in [0.717, 1.165) is 9.13 Å². The smallest absolute Gasteiger partial charge is 0.439 e. The highest BCUT2D eigenvalue weighted by molar-refractivity contribution is 6.09. The number of fused-ring (bicyclic) bond motifs is 6. The third-order valence-electron chi connectivity index (χ3n) is 5.38. The van der Waals surface area contributed by atoms with Gasteiger partial charge in [-0.15, -0.1) is 0 Å². The lowest BCUT2D eigenvalue weighted by molar-refractivity contribution is -0.671. The molecular formula is C19H15N4O6+. The number of hydrogen-bond donors (Lipinski definition) is 0. The normalized spacial score (nSPS) is 12.0. The predicted octanol–water partition coefficient (Wildman–Crippen LogP) is -0.234. The monoisotopic (exact) mass is 395 g/mol. The topological polar surface area (TPSA) is 113 Å². The van der Waals surface area contributed by atoms with E-state index >= 15 is 0 Å². The zero-order valence-electron chi connectivity index (χ0n) is 16.0. The third-order valence-corrected chi connectivity index (χ3v) is 5.38. The van der Waals surface area contributed by atoms with Gasteiger partial charge in [0, 0.05) is 30.9 Å². The summed E-state index contributed by atoms with van der Waals surface area (Å²) >= 11 is 0. The van der Waals surface area contributed by atoms with Crippen molar-refractivity contribution in [1.82, 2.24) is 13.7 Å². The molecule has 0 aliphatic rings. The zero-order valence-corrected chi connectivity index (χ0v) is 16.0.